The molecule has 2 aliphatic rings. The minimum atomic E-state index is 0. The molecule has 0 saturated heterocycles. The molecule has 8 heteroatoms. The Labute approximate surface area is 132 Å². The Morgan fingerprint density at radius 1 is 1.42 bits per heavy atom. The van der Waals surface area contributed by atoms with Gasteiger partial charge in [0.2, 0.25) is 0 Å². The van der Waals surface area contributed by atoms with E-state index in [1.165, 1.54) is 25.7 Å². The molecular weight excluding hydrogens is 309 g/mol. The van der Waals surface area contributed by atoms with Crippen molar-refractivity contribution in [1.82, 2.24) is 5.32 Å². The maximum Gasteiger partial charge on any atom is 0.154 e. The zero-order chi connectivity index (χ0) is 10.9. The molecule has 118 valence electrons. The lowest BCUT2D eigenvalue weighted by atomic mass is 9.80. The van der Waals surface area contributed by atoms with Crippen LogP contribution in [0, 0.1) is 0 Å². The number of hydrogen-bond donors (Lipinski definition) is 2. The molecule has 0 aromatic carbocycles. The monoisotopic (exact) mass is 335 g/mol. The number of rotatable bonds is 3. The highest BCUT2D eigenvalue weighted by molar-refractivity contribution is 8.14. The van der Waals surface area contributed by atoms with Crippen molar-refractivity contribution in [2.75, 3.05) is 6.54 Å². The standard InChI is InChI=1S/C11H21N3S.2ClH.2H2O/c1-3-6-13-11(2)5-4-8-9(7-11)15-10(12)14-8;;;;/h8-9,13H,3-7H2,1-2H3,(H2,12,14);2*1H;2*1H2/t8?,9?,11-;;;;/m1..../s1. The highest BCUT2D eigenvalue weighted by Gasteiger charge is 2.40. The number of thioether (sulfide) groups is 1. The van der Waals surface area contributed by atoms with Crippen LogP contribution in [0.3, 0.4) is 0 Å². The predicted molar refractivity (Wildman–Crippen MR) is 89.1 cm³/mol. The summed E-state index contributed by atoms with van der Waals surface area (Å²) in [4.78, 5) is 4.49. The van der Waals surface area contributed by atoms with Crippen LogP contribution in [0.4, 0.5) is 0 Å². The molecular formula is C11H27Cl2N3O2S. The van der Waals surface area contributed by atoms with Crippen LogP contribution in [-0.2, 0) is 0 Å². The Balaban J connectivity index is -0.000000640. The van der Waals surface area contributed by atoms with Crippen LogP contribution >= 0.6 is 36.6 Å². The third-order valence-corrected chi connectivity index (χ3v) is 4.57. The number of halogens is 2. The summed E-state index contributed by atoms with van der Waals surface area (Å²) in [7, 11) is 0. The van der Waals surface area contributed by atoms with E-state index in [-0.39, 0.29) is 35.8 Å². The third-order valence-electron chi connectivity index (χ3n) is 3.44. The molecule has 2 unspecified atom stereocenters. The first-order valence-electron chi connectivity index (χ1n) is 5.88. The molecule has 1 heterocycles. The maximum atomic E-state index is 5.78. The van der Waals surface area contributed by atoms with Crippen LogP contribution in [0.1, 0.15) is 39.5 Å². The summed E-state index contributed by atoms with van der Waals surface area (Å²) < 4.78 is 0. The molecule has 0 aromatic rings. The maximum absolute atomic E-state index is 5.78. The van der Waals surface area contributed by atoms with Crippen LogP contribution in [0.25, 0.3) is 0 Å². The zero-order valence-electron chi connectivity index (χ0n) is 11.4. The molecule has 1 aliphatic carbocycles. The van der Waals surface area contributed by atoms with E-state index >= 15 is 0 Å². The summed E-state index contributed by atoms with van der Waals surface area (Å²) in [6.45, 7) is 5.68. The van der Waals surface area contributed by atoms with Gasteiger partial charge in [-0.05, 0) is 39.2 Å². The first-order chi connectivity index (χ1) is 7.13. The van der Waals surface area contributed by atoms with Crippen molar-refractivity contribution >= 4 is 41.7 Å². The Morgan fingerprint density at radius 2 is 2.05 bits per heavy atom. The SMILES string of the molecule is CCCN[C@]1(C)CCC2N=C(N)SC2C1.Cl.Cl.O.O. The van der Waals surface area contributed by atoms with Gasteiger partial charge >= 0.3 is 0 Å². The summed E-state index contributed by atoms with van der Waals surface area (Å²) in [5, 5.41) is 5.08. The second-order valence-corrected chi connectivity index (χ2v) is 6.18. The normalized spacial score (nSPS) is 31.6. The molecule has 5 nitrogen and oxygen atoms in total. The number of aliphatic imine (C=N–C) groups is 1. The summed E-state index contributed by atoms with van der Waals surface area (Å²) in [6, 6.07) is 0.492. The average molecular weight is 336 g/mol. The van der Waals surface area contributed by atoms with E-state index in [4.69, 9.17) is 5.73 Å². The van der Waals surface area contributed by atoms with E-state index in [1.807, 2.05) is 0 Å². The molecule has 7 N–H and O–H groups in total. The topological polar surface area (TPSA) is 113 Å². The fourth-order valence-corrected chi connectivity index (χ4v) is 3.85. The Bertz CT molecular complexity index is 285. The van der Waals surface area contributed by atoms with Crippen LogP contribution in [-0.4, -0.2) is 39.5 Å². The molecule has 0 amide bonds. The molecule has 0 spiro atoms. The largest absolute Gasteiger partial charge is 0.412 e. The van der Waals surface area contributed by atoms with Gasteiger partial charge in [0.1, 0.15) is 0 Å². The Hall–Kier alpha value is 0.280. The van der Waals surface area contributed by atoms with Gasteiger partial charge in [-0.15, -0.1) is 24.8 Å². The lowest BCUT2D eigenvalue weighted by molar-refractivity contribution is 0.247. The van der Waals surface area contributed by atoms with Crippen molar-refractivity contribution in [1.29, 1.82) is 0 Å². The van der Waals surface area contributed by atoms with E-state index in [2.05, 4.69) is 24.2 Å². The summed E-state index contributed by atoms with van der Waals surface area (Å²) >= 11 is 1.77. The van der Waals surface area contributed by atoms with E-state index in [9.17, 15) is 0 Å². The van der Waals surface area contributed by atoms with E-state index in [0.29, 0.717) is 16.8 Å². The third kappa shape index (κ3) is 6.06. The minimum absolute atomic E-state index is 0. The number of nitrogens with zero attached hydrogens (tertiary/aromatic N) is 1. The van der Waals surface area contributed by atoms with E-state index < -0.39 is 0 Å². The van der Waals surface area contributed by atoms with Gasteiger partial charge in [-0.3, -0.25) is 4.99 Å². The van der Waals surface area contributed by atoms with Crippen LogP contribution in [0.2, 0.25) is 0 Å². The molecule has 0 bridgehead atoms. The lowest BCUT2D eigenvalue weighted by Crippen LogP contribution is -2.49. The van der Waals surface area contributed by atoms with Crippen molar-refractivity contribution in [2.45, 2.75) is 56.4 Å². The minimum Gasteiger partial charge on any atom is -0.412 e. The highest BCUT2D eigenvalue weighted by atomic mass is 35.5. The first kappa shape index (κ1) is 24.3. The van der Waals surface area contributed by atoms with Gasteiger partial charge in [-0.2, -0.15) is 0 Å². The molecule has 1 saturated carbocycles. The van der Waals surface area contributed by atoms with Gasteiger partial charge in [-0.25, -0.2) is 0 Å². The van der Waals surface area contributed by atoms with Crippen LogP contribution in [0.15, 0.2) is 4.99 Å². The van der Waals surface area contributed by atoms with Crippen LogP contribution < -0.4 is 11.1 Å². The smallest absolute Gasteiger partial charge is 0.154 e. The van der Waals surface area contributed by atoms with E-state index in [1.54, 1.807) is 11.8 Å². The van der Waals surface area contributed by atoms with E-state index in [0.717, 1.165) is 11.7 Å². The number of nitrogens with two attached hydrogens (primary N) is 1. The Morgan fingerprint density at radius 3 is 2.63 bits per heavy atom. The molecule has 2 rings (SSSR count). The average Bonchev–Trinajstić information content (AvgIpc) is 2.54. The van der Waals surface area contributed by atoms with Gasteiger partial charge in [0, 0.05) is 10.8 Å². The quantitative estimate of drug-likeness (QED) is 0.799. The molecule has 1 aliphatic heterocycles. The molecule has 19 heavy (non-hydrogen) atoms. The number of fused-ring (bicyclic) bond motifs is 1. The molecule has 1 fully saturated rings. The van der Waals surface area contributed by atoms with Crippen molar-refractivity contribution in [3.8, 4) is 0 Å². The Kier molecular flexibility index (Phi) is 12.9. The van der Waals surface area contributed by atoms with Crippen molar-refractivity contribution < 1.29 is 11.0 Å². The van der Waals surface area contributed by atoms with Crippen molar-refractivity contribution in [3.63, 3.8) is 0 Å². The number of amidine groups is 1. The van der Waals surface area contributed by atoms with Gasteiger partial charge in [0.05, 0.1) is 6.04 Å². The fourth-order valence-electron chi connectivity index (χ4n) is 2.54. The van der Waals surface area contributed by atoms with Gasteiger partial charge in [-0.1, -0.05) is 18.7 Å². The summed E-state index contributed by atoms with van der Waals surface area (Å²) in [5.74, 6) is 0. The number of hydrogen-bond acceptors (Lipinski definition) is 4. The van der Waals surface area contributed by atoms with Gasteiger partial charge in [0.15, 0.2) is 5.17 Å². The second kappa shape index (κ2) is 10.1. The lowest BCUT2D eigenvalue weighted by Gasteiger charge is -2.39. The fraction of sp³-hybridized carbons (Fsp3) is 0.909. The van der Waals surface area contributed by atoms with Crippen LogP contribution in [0.5, 0.6) is 0 Å². The number of nitrogens with one attached hydrogen (secondary N) is 1. The molecule has 3 atom stereocenters. The predicted octanol–water partition coefficient (Wildman–Crippen LogP) is 0.921. The van der Waals surface area contributed by atoms with Gasteiger partial charge in [0.25, 0.3) is 0 Å². The highest BCUT2D eigenvalue weighted by Crippen LogP contribution is 2.40. The zero-order valence-corrected chi connectivity index (χ0v) is 13.9. The molecule has 0 aromatic heterocycles. The summed E-state index contributed by atoms with van der Waals surface area (Å²) in [5.41, 5.74) is 6.09. The molecule has 0 radical (unpaired) electrons. The first-order valence-corrected chi connectivity index (χ1v) is 6.76. The van der Waals surface area contributed by atoms with Crippen molar-refractivity contribution in [3.05, 3.63) is 0 Å². The second-order valence-electron chi connectivity index (χ2n) is 4.92. The summed E-state index contributed by atoms with van der Waals surface area (Å²) in [6.07, 6.45) is 4.82. The van der Waals surface area contributed by atoms with Crippen molar-refractivity contribution in [2.24, 2.45) is 10.7 Å². The van der Waals surface area contributed by atoms with Gasteiger partial charge < -0.3 is 22.0 Å².